The maximum absolute atomic E-state index is 14.1. The third-order valence-corrected chi connectivity index (χ3v) is 6.36. The summed E-state index contributed by atoms with van der Waals surface area (Å²) in [6.07, 6.45) is 3.28. The predicted octanol–water partition coefficient (Wildman–Crippen LogP) is 6.11. The van der Waals surface area contributed by atoms with E-state index < -0.39 is 7.75 Å². The van der Waals surface area contributed by atoms with E-state index in [1.807, 2.05) is 36.4 Å². The third-order valence-electron chi connectivity index (χ3n) is 4.95. The minimum absolute atomic E-state index is 0.398. The Morgan fingerprint density at radius 2 is 1.38 bits per heavy atom. The first kappa shape index (κ1) is 21.6. The second-order valence-corrected chi connectivity index (χ2v) is 8.84. The van der Waals surface area contributed by atoms with Gasteiger partial charge in [0.15, 0.2) is 0 Å². The molecule has 0 saturated heterocycles. The average Bonchev–Trinajstić information content (AvgIpc) is 3.21. The first-order valence-electron chi connectivity index (χ1n) is 10.5. The van der Waals surface area contributed by atoms with Crippen molar-refractivity contribution in [1.29, 1.82) is 0 Å². The van der Waals surface area contributed by atoms with Crippen molar-refractivity contribution in [2.24, 2.45) is 0 Å². The van der Waals surface area contributed by atoms with Gasteiger partial charge in [-0.3, -0.25) is 9.65 Å². The zero-order chi connectivity index (χ0) is 23.4. The first-order chi connectivity index (χ1) is 16.6. The molecule has 5 aromatic rings. The highest BCUT2D eigenvalue weighted by atomic mass is 31.2. The van der Waals surface area contributed by atoms with Crippen LogP contribution in [0.15, 0.2) is 103 Å². The van der Waals surface area contributed by atoms with Crippen molar-refractivity contribution in [2.75, 3.05) is 12.2 Å². The van der Waals surface area contributed by atoms with Crippen molar-refractivity contribution >= 4 is 24.5 Å². The molecule has 0 spiro atoms. The maximum atomic E-state index is 14.1. The molecule has 34 heavy (non-hydrogen) atoms. The molecule has 0 unspecified atom stereocenters. The lowest BCUT2D eigenvalue weighted by Crippen LogP contribution is -2.13. The summed E-state index contributed by atoms with van der Waals surface area (Å²) in [6.45, 7) is 0. The summed E-state index contributed by atoms with van der Waals surface area (Å²) in [5.74, 6) is 2.32. The molecule has 0 amide bonds. The minimum atomic E-state index is -3.96. The molecule has 2 aromatic heterocycles. The topological polar surface area (TPSA) is 87.5 Å². The van der Waals surface area contributed by atoms with Gasteiger partial charge in [-0.15, -0.1) is 0 Å². The SMILES string of the molecule is COc1ccc2c(c1)cc(NP(=O)(Oc1ccccc1)Oc1ccccc1)n2-c1ncccn1. The lowest BCUT2D eigenvalue weighted by molar-refractivity contribution is 0.392. The summed E-state index contributed by atoms with van der Waals surface area (Å²) in [5, 5.41) is 3.83. The van der Waals surface area contributed by atoms with Crippen LogP contribution in [0, 0.1) is 0 Å². The van der Waals surface area contributed by atoms with E-state index in [-0.39, 0.29) is 0 Å². The average molecular weight is 472 g/mol. The largest absolute Gasteiger partial charge is 0.542 e. The molecule has 3 aromatic carbocycles. The number of aromatic nitrogens is 3. The predicted molar refractivity (Wildman–Crippen MR) is 131 cm³/mol. The van der Waals surface area contributed by atoms with Gasteiger partial charge in [-0.1, -0.05) is 36.4 Å². The number of hydrogen-bond donors (Lipinski definition) is 1. The Balaban J connectivity index is 1.62. The van der Waals surface area contributed by atoms with E-state index in [0.29, 0.717) is 29.0 Å². The molecular weight excluding hydrogens is 451 g/mol. The van der Waals surface area contributed by atoms with Gasteiger partial charge in [0.2, 0.25) is 5.95 Å². The molecule has 0 saturated carbocycles. The van der Waals surface area contributed by atoms with Crippen molar-refractivity contribution in [3.05, 3.63) is 103 Å². The molecule has 0 aliphatic rings. The number of ether oxygens (including phenoxy) is 1. The summed E-state index contributed by atoms with van der Waals surface area (Å²) in [6, 6.07) is 26.9. The number of hydrogen-bond acceptors (Lipinski definition) is 6. The van der Waals surface area contributed by atoms with Gasteiger partial charge in [-0.25, -0.2) is 14.5 Å². The Morgan fingerprint density at radius 1 is 0.765 bits per heavy atom. The van der Waals surface area contributed by atoms with Crippen molar-refractivity contribution in [1.82, 2.24) is 14.5 Å². The van der Waals surface area contributed by atoms with Gasteiger partial charge in [0.05, 0.1) is 12.6 Å². The quantitative estimate of drug-likeness (QED) is 0.273. The highest BCUT2D eigenvalue weighted by molar-refractivity contribution is 7.56. The molecule has 170 valence electrons. The van der Waals surface area contributed by atoms with E-state index in [1.54, 1.807) is 78.7 Å². The van der Waals surface area contributed by atoms with Crippen molar-refractivity contribution in [2.45, 2.75) is 0 Å². The maximum Gasteiger partial charge on any atom is 0.542 e. The smallest absolute Gasteiger partial charge is 0.497 e. The molecule has 5 rings (SSSR count). The van der Waals surface area contributed by atoms with Crippen LogP contribution in [0.3, 0.4) is 0 Å². The standard InChI is InChI=1S/C25H21N4O4P/c1-31-22-13-14-23-19(17-22)18-24(29(23)25-26-15-8-16-27-25)28-34(30,32-20-9-4-2-5-10-20)33-21-11-6-3-7-12-21/h2-18H,1H3,(H,28,30). The molecule has 1 N–H and O–H groups in total. The van der Waals surface area contributed by atoms with Crippen LogP contribution in [0.5, 0.6) is 17.2 Å². The molecule has 0 aliphatic carbocycles. The van der Waals surface area contributed by atoms with Crippen molar-refractivity contribution < 1.29 is 18.3 Å². The zero-order valence-electron chi connectivity index (χ0n) is 18.2. The van der Waals surface area contributed by atoms with E-state index >= 15 is 0 Å². The lowest BCUT2D eigenvalue weighted by Gasteiger charge is -2.21. The molecule has 0 bridgehead atoms. The molecule has 9 heteroatoms. The second kappa shape index (κ2) is 9.29. The van der Waals surface area contributed by atoms with Crippen LogP contribution in [-0.4, -0.2) is 21.6 Å². The summed E-state index contributed by atoms with van der Waals surface area (Å²) in [5.41, 5.74) is 0.792. The van der Waals surface area contributed by atoms with Crippen LogP contribution >= 0.6 is 7.75 Å². The Kier molecular flexibility index (Phi) is 5.89. The fourth-order valence-electron chi connectivity index (χ4n) is 3.47. The van der Waals surface area contributed by atoms with E-state index in [1.165, 1.54) is 0 Å². The third kappa shape index (κ3) is 4.58. The first-order valence-corrected chi connectivity index (χ1v) is 12.0. The van der Waals surface area contributed by atoms with Gasteiger partial charge < -0.3 is 13.8 Å². The van der Waals surface area contributed by atoms with E-state index in [9.17, 15) is 4.57 Å². The van der Waals surface area contributed by atoms with E-state index in [4.69, 9.17) is 13.8 Å². The van der Waals surface area contributed by atoms with Crippen LogP contribution in [0.1, 0.15) is 0 Å². The second-order valence-electron chi connectivity index (χ2n) is 7.26. The summed E-state index contributed by atoms with van der Waals surface area (Å²) >= 11 is 0. The number of fused-ring (bicyclic) bond motifs is 1. The molecule has 2 heterocycles. The van der Waals surface area contributed by atoms with Gasteiger partial charge in [0.1, 0.15) is 23.1 Å². The van der Waals surface area contributed by atoms with Crippen LogP contribution in [0.25, 0.3) is 16.9 Å². The molecule has 8 nitrogen and oxygen atoms in total. The number of rotatable bonds is 8. The van der Waals surface area contributed by atoms with Crippen LogP contribution in [0.2, 0.25) is 0 Å². The molecular formula is C25H21N4O4P. The van der Waals surface area contributed by atoms with Crippen molar-refractivity contribution in [3.63, 3.8) is 0 Å². The van der Waals surface area contributed by atoms with Gasteiger partial charge >= 0.3 is 7.75 Å². The summed E-state index contributed by atoms with van der Waals surface area (Å²) < 4.78 is 33.0. The minimum Gasteiger partial charge on any atom is -0.497 e. The number of methoxy groups -OCH3 is 1. The Hall–Kier alpha value is -4.29. The fraction of sp³-hybridized carbons (Fsp3) is 0.0400. The fourth-order valence-corrected chi connectivity index (χ4v) is 4.84. The van der Waals surface area contributed by atoms with Crippen molar-refractivity contribution in [3.8, 4) is 23.2 Å². The molecule has 0 radical (unpaired) electrons. The highest BCUT2D eigenvalue weighted by Crippen LogP contribution is 2.49. The Labute approximate surface area is 196 Å². The molecule has 0 aliphatic heterocycles. The number of nitrogens with one attached hydrogen (secondary N) is 1. The van der Waals surface area contributed by atoms with Gasteiger partial charge in [-0.05, 0) is 54.6 Å². The normalized spacial score (nSPS) is 11.2. The van der Waals surface area contributed by atoms with Crippen LogP contribution in [0.4, 0.5) is 5.82 Å². The summed E-state index contributed by atoms with van der Waals surface area (Å²) in [4.78, 5) is 8.76. The van der Waals surface area contributed by atoms with Crippen LogP contribution < -0.4 is 18.9 Å². The monoisotopic (exact) mass is 472 g/mol. The number of anilines is 1. The number of nitrogens with zero attached hydrogens (tertiary/aromatic N) is 3. The molecule has 0 atom stereocenters. The van der Waals surface area contributed by atoms with Gasteiger partial charge in [0.25, 0.3) is 0 Å². The summed E-state index contributed by atoms with van der Waals surface area (Å²) in [7, 11) is -2.36. The number of benzene rings is 3. The lowest BCUT2D eigenvalue weighted by atomic mass is 10.2. The van der Waals surface area contributed by atoms with Crippen LogP contribution in [-0.2, 0) is 4.57 Å². The highest BCUT2D eigenvalue weighted by Gasteiger charge is 2.31. The van der Waals surface area contributed by atoms with E-state index in [0.717, 1.165) is 10.9 Å². The zero-order valence-corrected chi connectivity index (χ0v) is 19.1. The Bertz CT molecular complexity index is 1400. The van der Waals surface area contributed by atoms with E-state index in [2.05, 4.69) is 15.1 Å². The molecule has 0 fully saturated rings. The number of para-hydroxylation sites is 2. The van der Waals surface area contributed by atoms with Gasteiger partial charge in [0, 0.05) is 17.8 Å². The van der Waals surface area contributed by atoms with Gasteiger partial charge in [-0.2, -0.15) is 0 Å². The Morgan fingerprint density at radius 3 is 1.97 bits per heavy atom.